The van der Waals surface area contributed by atoms with Gasteiger partial charge in [-0.05, 0) is 37.6 Å². The van der Waals surface area contributed by atoms with E-state index in [1.54, 1.807) is 0 Å². The fourth-order valence-corrected chi connectivity index (χ4v) is 2.82. The zero-order chi connectivity index (χ0) is 11.4. The minimum Gasteiger partial charge on any atom is -0.481 e. The third kappa shape index (κ3) is 3.46. The van der Waals surface area contributed by atoms with Crippen molar-refractivity contribution in [2.45, 2.75) is 25.7 Å². The molecule has 0 spiro atoms. The average Bonchev–Trinajstić information content (AvgIpc) is 2.70. The molecule has 92 valence electrons. The Morgan fingerprint density at radius 3 is 2.94 bits per heavy atom. The Labute approximate surface area is 96.6 Å². The van der Waals surface area contributed by atoms with Gasteiger partial charge < -0.3 is 14.7 Å². The standard InChI is InChI=1S/C12H21NO3/c14-12(15)6-10-2-1-4-13(7-10)8-11-3-5-16-9-11/h10-11H,1-9H2,(H,14,15). The third-order valence-electron chi connectivity index (χ3n) is 3.61. The van der Waals surface area contributed by atoms with E-state index in [9.17, 15) is 4.79 Å². The zero-order valence-electron chi connectivity index (χ0n) is 9.73. The summed E-state index contributed by atoms with van der Waals surface area (Å²) in [5.74, 6) is 0.369. The van der Waals surface area contributed by atoms with Crippen molar-refractivity contribution in [1.82, 2.24) is 4.90 Å². The number of nitrogens with zero attached hydrogens (tertiary/aromatic N) is 1. The van der Waals surface area contributed by atoms with E-state index in [0.29, 0.717) is 18.3 Å². The van der Waals surface area contributed by atoms with Crippen molar-refractivity contribution in [3.63, 3.8) is 0 Å². The lowest BCUT2D eigenvalue weighted by molar-refractivity contribution is -0.138. The lowest BCUT2D eigenvalue weighted by Gasteiger charge is -2.33. The second kappa shape index (κ2) is 5.64. The maximum Gasteiger partial charge on any atom is 0.303 e. The molecule has 2 heterocycles. The van der Waals surface area contributed by atoms with E-state index >= 15 is 0 Å². The lowest BCUT2D eigenvalue weighted by Crippen LogP contribution is -2.39. The van der Waals surface area contributed by atoms with Gasteiger partial charge in [0.2, 0.25) is 0 Å². The molecule has 4 heteroatoms. The molecular weight excluding hydrogens is 206 g/mol. The number of likely N-dealkylation sites (tertiary alicyclic amines) is 1. The smallest absolute Gasteiger partial charge is 0.303 e. The number of carbonyl (C=O) groups is 1. The monoisotopic (exact) mass is 227 g/mol. The minimum atomic E-state index is -0.656. The Hall–Kier alpha value is -0.610. The average molecular weight is 227 g/mol. The minimum absolute atomic E-state index is 0.331. The fourth-order valence-electron chi connectivity index (χ4n) is 2.82. The van der Waals surface area contributed by atoms with E-state index in [1.807, 2.05) is 0 Å². The molecular formula is C12H21NO3. The van der Waals surface area contributed by atoms with E-state index in [1.165, 1.54) is 6.42 Å². The molecule has 2 unspecified atom stereocenters. The van der Waals surface area contributed by atoms with Gasteiger partial charge in [0.25, 0.3) is 0 Å². The highest BCUT2D eigenvalue weighted by Crippen LogP contribution is 2.22. The zero-order valence-corrected chi connectivity index (χ0v) is 9.73. The number of rotatable bonds is 4. The summed E-state index contributed by atoms with van der Waals surface area (Å²) in [5.41, 5.74) is 0. The van der Waals surface area contributed by atoms with Crippen LogP contribution in [-0.2, 0) is 9.53 Å². The van der Waals surface area contributed by atoms with Crippen molar-refractivity contribution in [2.75, 3.05) is 32.8 Å². The van der Waals surface area contributed by atoms with Crippen LogP contribution < -0.4 is 0 Å². The summed E-state index contributed by atoms with van der Waals surface area (Å²) in [6.45, 7) is 4.97. The van der Waals surface area contributed by atoms with Gasteiger partial charge in [-0.1, -0.05) is 0 Å². The van der Waals surface area contributed by atoms with E-state index in [0.717, 1.165) is 45.7 Å². The van der Waals surface area contributed by atoms with Gasteiger partial charge in [0.1, 0.15) is 0 Å². The number of hydrogen-bond donors (Lipinski definition) is 1. The first-order valence-electron chi connectivity index (χ1n) is 6.26. The molecule has 0 aromatic carbocycles. The summed E-state index contributed by atoms with van der Waals surface area (Å²) in [6.07, 6.45) is 3.72. The predicted molar refractivity (Wildman–Crippen MR) is 60.3 cm³/mol. The van der Waals surface area contributed by atoms with Crippen LogP contribution in [0.2, 0.25) is 0 Å². The van der Waals surface area contributed by atoms with E-state index in [4.69, 9.17) is 9.84 Å². The molecule has 2 aliphatic heterocycles. The molecule has 2 fully saturated rings. The first-order valence-corrected chi connectivity index (χ1v) is 6.26. The molecule has 2 rings (SSSR count). The highest BCUT2D eigenvalue weighted by Gasteiger charge is 2.25. The quantitative estimate of drug-likeness (QED) is 0.784. The van der Waals surface area contributed by atoms with Gasteiger partial charge >= 0.3 is 5.97 Å². The van der Waals surface area contributed by atoms with Crippen molar-refractivity contribution in [3.8, 4) is 0 Å². The number of ether oxygens (including phenoxy) is 1. The second-order valence-corrected chi connectivity index (χ2v) is 5.10. The maximum atomic E-state index is 10.7. The van der Waals surface area contributed by atoms with Gasteiger partial charge in [0.05, 0.1) is 6.61 Å². The summed E-state index contributed by atoms with van der Waals surface area (Å²) in [5, 5.41) is 8.80. The van der Waals surface area contributed by atoms with Crippen LogP contribution in [0.25, 0.3) is 0 Å². The Morgan fingerprint density at radius 1 is 1.38 bits per heavy atom. The predicted octanol–water partition coefficient (Wildman–Crippen LogP) is 1.21. The molecule has 16 heavy (non-hydrogen) atoms. The number of piperidine rings is 1. The van der Waals surface area contributed by atoms with Crippen molar-refractivity contribution < 1.29 is 14.6 Å². The van der Waals surface area contributed by atoms with Crippen LogP contribution in [0.1, 0.15) is 25.7 Å². The van der Waals surface area contributed by atoms with Crippen molar-refractivity contribution in [1.29, 1.82) is 0 Å². The normalized spacial score (nSPS) is 31.8. The van der Waals surface area contributed by atoms with Gasteiger partial charge in [-0.2, -0.15) is 0 Å². The van der Waals surface area contributed by atoms with Crippen LogP contribution in [0.4, 0.5) is 0 Å². The summed E-state index contributed by atoms with van der Waals surface area (Å²) >= 11 is 0. The van der Waals surface area contributed by atoms with E-state index in [2.05, 4.69) is 4.90 Å². The molecule has 0 bridgehead atoms. The highest BCUT2D eigenvalue weighted by molar-refractivity contribution is 5.67. The van der Waals surface area contributed by atoms with Crippen molar-refractivity contribution in [3.05, 3.63) is 0 Å². The van der Waals surface area contributed by atoms with Crippen LogP contribution in [-0.4, -0.2) is 48.8 Å². The van der Waals surface area contributed by atoms with E-state index in [-0.39, 0.29) is 0 Å². The van der Waals surface area contributed by atoms with Crippen molar-refractivity contribution >= 4 is 5.97 Å². The number of hydrogen-bond acceptors (Lipinski definition) is 3. The summed E-state index contributed by atoms with van der Waals surface area (Å²) in [7, 11) is 0. The first kappa shape index (κ1) is 11.9. The van der Waals surface area contributed by atoms with Crippen LogP contribution in [0.3, 0.4) is 0 Å². The Kier molecular flexibility index (Phi) is 4.18. The van der Waals surface area contributed by atoms with Gasteiger partial charge in [-0.25, -0.2) is 0 Å². The maximum absolute atomic E-state index is 10.7. The topological polar surface area (TPSA) is 49.8 Å². The molecule has 2 atom stereocenters. The molecule has 0 radical (unpaired) electrons. The van der Waals surface area contributed by atoms with Crippen molar-refractivity contribution in [2.24, 2.45) is 11.8 Å². The number of carboxylic acid groups (broad SMARTS) is 1. The molecule has 2 aliphatic rings. The van der Waals surface area contributed by atoms with Crippen LogP contribution >= 0.6 is 0 Å². The molecule has 0 saturated carbocycles. The van der Waals surface area contributed by atoms with E-state index < -0.39 is 5.97 Å². The molecule has 0 aliphatic carbocycles. The summed E-state index contributed by atoms with van der Waals surface area (Å²) in [4.78, 5) is 13.1. The summed E-state index contributed by atoms with van der Waals surface area (Å²) in [6, 6.07) is 0. The molecule has 4 nitrogen and oxygen atoms in total. The van der Waals surface area contributed by atoms with Crippen LogP contribution in [0, 0.1) is 11.8 Å². The Morgan fingerprint density at radius 2 is 2.25 bits per heavy atom. The second-order valence-electron chi connectivity index (χ2n) is 5.10. The molecule has 0 aromatic rings. The number of carboxylic acids is 1. The lowest BCUT2D eigenvalue weighted by atomic mass is 9.94. The van der Waals surface area contributed by atoms with Gasteiger partial charge in [-0.15, -0.1) is 0 Å². The van der Waals surface area contributed by atoms with Gasteiger partial charge in [0, 0.05) is 26.1 Å². The highest BCUT2D eigenvalue weighted by atomic mass is 16.5. The molecule has 2 saturated heterocycles. The van der Waals surface area contributed by atoms with Crippen LogP contribution in [0.5, 0.6) is 0 Å². The van der Waals surface area contributed by atoms with Gasteiger partial charge in [0.15, 0.2) is 0 Å². The Balaban J connectivity index is 1.74. The van der Waals surface area contributed by atoms with Crippen LogP contribution in [0.15, 0.2) is 0 Å². The molecule has 1 N–H and O–H groups in total. The Bertz CT molecular complexity index is 238. The number of aliphatic carboxylic acids is 1. The summed E-state index contributed by atoms with van der Waals surface area (Å²) < 4.78 is 5.37. The third-order valence-corrected chi connectivity index (χ3v) is 3.61. The molecule has 0 aromatic heterocycles. The largest absolute Gasteiger partial charge is 0.481 e. The fraction of sp³-hybridized carbons (Fsp3) is 0.917. The molecule has 0 amide bonds. The SMILES string of the molecule is O=C(O)CC1CCCN(CC2CCOC2)C1. The first-order chi connectivity index (χ1) is 7.74. The van der Waals surface area contributed by atoms with Gasteiger partial charge in [-0.3, -0.25) is 4.79 Å².